The van der Waals surface area contributed by atoms with Crippen LogP contribution in [0.3, 0.4) is 0 Å². The van der Waals surface area contributed by atoms with Crippen LogP contribution in [0.25, 0.3) is 10.9 Å². The van der Waals surface area contributed by atoms with Crippen LogP contribution < -0.4 is 5.32 Å². The van der Waals surface area contributed by atoms with E-state index in [1.54, 1.807) is 10.4 Å². The number of hydrogen-bond donors (Lipinski definition) is 2. The Hall–Kier alpha value is -2.74. The lowest BCUT2D eigenvalue weighted by atomic mass is 9.96. The number of likely N-dealkylation sites (tertiary alicyclic amines) is 1. The molecule has 0 aliphatic carbocycles. The lowest BCUT2D eigenvalue weighted by Gasteiger charge is -2.32. The fraction of sp³-hybridized carbons (Fsp3) is 0.333. The summed E-state index contributed by atoms with van der Waals surface area (Å²) in [4.78, 5) is 30.2. The SMILES string of the molecule is O=C(Nc1nncs1)[C@@H]1CCCN(C(=O)Cc2c[nH]c3ccccc23)C1. The molecule has 1 aliphatic heterocycles. The molecule has 2 aromatic heterocycles. The summed E-state index contributed by atoms with van der Waals surface area (Å²) in [5.41, 5.74) is 3.60. The highest BCUT2D eigenvalue weighted by Gasteiger charge is 2.29. The largest absolute Gasteiger partial charge is 0.361 e. The highest BCUT2D eigenvalue weighted by atomic mass is 32.1. The highest BCUT2D eigenvalue weighted by molar-refractivity contribution is 7.13. The Morgan fingerprint density at radius 1 is 1.35 bits per heavy atom. The van der Waals surface area contributed by atoms with Crippen molar-refractivity contribution in [3.63, 3.8) is 0 Å². The van der Waals surface area contributed by atoms with Crippen molar-refractivity contribution in [2.24, 2.45) is 5.92 Å². The number of rotatable bonds is 4. The van der Waals surface area contributed by atoms with Crippen LogP contribution in [0.4, 0.5) is 5.13 Å². The van der Waals surface area contributed by atoms with E-state index < -0.39 is 0 Å². The van der Waals surface area contributed by atoms with Gasteiger partial charge in [-0.2, -0.15) is 0 Å². The summed E-state index contributed by atoms with van der Waals surface area (Å²) in [6.45, 7) is 1.15. The Morgan fingerprint density at radius 3 is 3.08 bits per heavy atom. The number of aromatic amines is 1. The molecule has 8 heteroatoms. The third-order valence-electron chi connectivity index (χ3n) is 4.75. The van der Waals surface area contributed by atoms with Crippen molar-refractivity contribution < 1.29 is 9.59 Å². The molecule has 1 fully saturated rings. The van der Waals surface area contributed by atoms with Crippen molar-refractivity contribution in [2.45, 2.75) is 19.3 Å². The highest BCUT2D eigenvalue weighted by Crippen LogP contribution is 2.22. The first kappa shape index (κ1) is 16.7. The molecule has 26 heavy (non-hydrogen) atoms. The summed E-state index contributed by atoms with van der Waals surface area (Å²) in [5, 5.41) is 11.9. The molecule has 1 atom stereocenters. The van der Waals surface area contributed by atoms with E-state index in [0.29, 0.717) is 24.6 Å². The number of anilines is 1. The molecule has 0 bridgehead atoms. The van der Waals surface area contributed by atoms with Gasteiger partial charge in [-0.25, -0.2) is 0 Å². The van der Waals surface area contributed by atoms with Gasteiger partial charge in [-0.3, -0.25) is 9.59 Å². The van der Waals surface area contributed by atoms with Gasteiger partial charge in [-0.15, -0.1) is 10.2 Å². The summed E-state index contributed by atoms with van der Waals surface area (Å²) >= 11 is 1.29. The van der Waals surface area contributed by atoms with Crippen molar-refractivity contribution >= 4 is 39.2 Å². The van der Waals surface area contributed by atoms with Gasteiger partial charge >= 0.3 is 0 Å². The number of para-hydroxylation sites is 1. The number of nitrogens with zero attached hydrogens (tertiary/aromatic N) is 3. The minimum Gasteiger partial charge on any atom is -0.361 e. The maximum atomic E-state index is 12.8. The molecule has 0 saturated carbocycles. The Labute approximate surface area is 154 Å². The average Bonchev–Trinajstić information content (AvgIpc) is 3.32. The van der Waals surface area contributed by atoms with E-state index in [9.17, 15) is 9.59 Å². The number of carbonyl (C=O) groups is 2. The van der Waals surface area contributed by atoms with E-state index in [1.165, 1.54) is 11.3 Å². The summed E-state index contributed by atoms with van der Waals surface area (Å²) in [5.74, 6) is -0.242. The number of hydrogen-bond acceptors (Lipinski definition) is 5. The molecule has 3 aromatic rings. The third-order valence-corrected chi connectivity index (χ3v) is 5.36. The summed E-state index contributed by atoms with van der Waals surface area (Å²) in [7, 11) is 0. The molecular formula is C18H19N5O2S. The quantitative estimate of drug-likeness (QED) is 0.739. The molecule has 0 unspecified atom stereocenters. The van der Waals surface area contributed by atoms with Gasteiger partial charge in [0.05, 0.1) is 12.3 Å². The maximum Gasteiger partial charge on any atom is 0.231 e. The number of piperidine rings is 1. The van der Waals surface area contributed by atoms with Crippen LogP contribution >= 0.6 is 11.3 Å². The molecule has 1 aliphatic rings. The molecular weight excluding hydrogens is 350 g/mol. The Bertz CT molecular complexity index is 921. The third kappa shape index (κ3) is 3.45. The molecule has 2 N–H and O–H groups in total. The van der Waals surface area contributed by atoms with Crippen LogP contribution in [-0.2, 0) is 16.0 Å². The van der Waals surface area contributed by atoms with Crippen LogP contribution in [-0.4, -0.2) is 45.0 Å². The minimum absolute atomic E-state index is 0.0585. The van der Waals surface area contributed by atoms with Crippen LogP contribution in [0, 0.1) is 5.92 Å². The van der Waals surface area contributed by atoms with Gasteiger partial charge in [0.15, 0.2) is 0 Å². The zero-order valence-electron chi connectivity index (χ0n) is 14.1. The second-order valence-corrected chi connectivity index (χ2v) is 7.28. The Morgan fingerprint density at radius 2 is 2.23 bits per heavy atom. The number of aromatic nitrogens is 3. The van der Waals surface area contributed by atoms with E-state index in [4.69, 9.17) is 0 Å². The Balaban J connectivity index is 1.40. The van der Waals surface area contributed by atoms with E-state index in [-0.39, 0.29) is 17.7 Å². The van der Waals surface area contributed by atoms with Gasteiger partial charge in [0.2, 0.25) is 16.9 Å². The van der Waals surface area contributed by atoms with Crippen molar-refractivity contribution in [2.75, 3.05) is 18.4 Å². The fourth-order valence-corrected chi connectivity index (χ4v) is 3.85. The van der Waals surface area contributed by atoms with Crippen LogP contribution in [0.15, 0.2) is 36.0 Å². The molecule has 0 spiro atoms. The number of nitrogens with one attached hydrogen (secondary N) is 2. The second kappa shape index (κ2) is 7.25. The molecule has 134 valence electrons. The van der Waals surface area contributed by atoms with E-state index in [2.05, 4.69) is 20.5 Å². The second-order valence-electron chi connectivity index (χ2n) is 6.45. The van der Waals surface area contributed by atoms with Gasteiger partial charge in [0.25, 0.3) is 0 Å². The topological polar surface area (TPSA) is 91.0 Å². The maximum absolute atomic E-state index is 12.8. The molecule has 2 amide bonds. The number of amides is 2. The van der Waals surface area contributed by atoms with Crippen LogP contribution in [0.5, 0.6) is 0 Å². The summed E-state index contributed by atoms with van der Waals surface area (Å²) < 4.78 is 0. The standard InChI is InChI=1S/C18H19N5O2S/c24-16(8-13-9-19-15-6-2-1-5-14(13)15)23-7-3-4-12(10-23)17(25)21-18-22-20-11-26-18/h1-2,5-6,9,11-12,19H,3-4,7-8,10H2,(H,21,22,25)/t12-/m1/s1. The molecule has 1 aromatic carbocycles. The number of benzene rings is 1. The lowest BCUT2D eigenvalue weighted by Crippen LogP contribution is -2.44. The van der Waals surface area contributed by atoms with Crippen LogP contribution in [0.1, 0.15) is 18.4 Å². The number of fused-ring (bicyclic) bond motifs is 1. The van der Waals surface area contributed by atoms with Crippen molar-refractivity contribution in [3.8, 4) is 0 Å². The predicted octanol–water partition coefficient (Wildman–Crippen LogP) is 2.44. The van der Waals surface area contributed by atoms with E-state index >= 15 is 0 Å². The smallest absolute Gasteiger partial charge is 0.231 e. The van der Waals surface area contributed by atoms with E-state index in [0.717, 1.165) is 29.3 Å². The fourth-order valence-electron chi connectivity index (χ4n) is 3.41. The molecule has 0 radical (unpaired) electrons. The summed E-state index contributed by atoms with van der Waals surface area (Å²) in [6, 6.07) is 7.95. The van der Waals surface area contributed by atoms with Gasteiger partial charge < -0.3 is 15.2 Å². The number of carbonyl (C=O) groups excluding carboxylic acids is 2. The molecule has 1 saturated heterocycles. The first-order valence-electron chi connectivity index (χ1n) is 8.60. The average molecular weight is 369 g/mol. The lowest BCUT2D eigenvalue weighted by molar-refractivity contribution is -0.133. The van der Waals surface area contributed by atoms with Gasteiger partial charge in [0, 0.05) is 30.2 Å². The number of H-pyrrole nitrogens is 1. The van der Waals surface area contributed by atoms with Crippen molar-refractivity contribution in [3.05, 3.63) is 41.5 Å². The van der Waals surface area contributed by atoms with Crippen LogP contribution in [0.2, 0.25) is 0 Å². The van der Waals surface area contributed by atoms with E-state index in [1.807, 2.05) is 30.5 Å². The van der Waals surface area contributed by atoms with Gasteiger partial charge in [0.1, 0.15) is 5.51 Å². The van der Waals surface area contributed by atoms with Crippen molar-refractivity contribution in [1.82, 2.24) is 20.1 Å². The van der Waals surface area contributed by atoms with Gasteiger partial charge in [-0.1, -0.05) is 29.5 Å². The molecule has 4 rings (SSSR count). The minimum atomic E-state index is -0.209. The summed E-state index contributed by atoms with van der Waals surface area (Å²) in [6.07, 6.45) is 3.84. The first-order valence-corrected chi connectivity index (χ1v) is 9.48. The monoisotopic (exact) mass is 369 g/mol. The molecule has 7 nitrogen and oxygen atoms in total. The van der Waals surface area contributed by atoms with Gasteiger partial charge in [-0.05, 0) is 24.5 Å². The normalized spacial score (nSPS) is 17.4. The predicted molar refractivity (Wildman–Crippen MR) is 99.8 cm³/mol. The zero-order chi connectivity index (χ0) is 17.9. The van der Waals surface area contributed by atoms with Crippen molar-refractivity contribution in [1.29, 1.82) is 0 Å². The Kier molecular flexibility index (Phi) is 4.66. The zero-order valence-corrected chi connectivity index (χ0v) is 15.0. The molecule has 3 heterocycles. The first-order chi connectivity index (χ1) is 12.7.